The molecule has 0 bridgehead atoms. The first-order valence-corrected chi connectivity index (χ1v) is 7.35. The Balaban J connectivity index is 2.03. The summed E-state index contributed by atoms with van der Waals surface area (Å²) in [5.41, 5.74) is 1.77. The smallest absolute Gasteiger partial charge is 0.338 e. The van der Waals surface area contributed by atoms with Crippen LogP contribution in [0, 0.1) is 0 Å². The van der Waals surface area contributed by atoms with E-state index in [0.717, 1.165) is 5.56 Å². The fourth-order valence-electron chi connectivity index (χ4n) is 2.68. The Morgan fingerprint density at radius 2 is 1.73 bits per heavy atom. The van der Waals surface area contributed by atoms with Crippen molar-refractivity contribution in [3.63, 3.8) is 0 Å². The SMILES string of the molecule is COC(=O)c1cccc(C2OCC(C)O2)c1C1OCC(C)O1. The van der Waals surface area contributed by atoms with Crippen molar-refractivity contribution in [3.8, 4) is 0 Å². The van der Waals surface area contributed by atoms with Gasteiger partial charge in [-0.3, -0.25) is 0 Å². The topological polar surface area (TPSA) is 63.2 Å². The van der Waals surface area contributed by atoms with E-state index >= 15 is 0 Å². The van der Waals surface area contributed by atoms with Gasteiger partial charge in [0.25, 0.3) is 0 Å². The van der Waals surface area contributed by atoms with Gasteiger partial charge in [-0.1, -0.05) is 12.1 Å². The Morgan fingerprint density at radius 1 is 1.09 bits per heavy atom. The molecule has 0 aromatic heterocycles. The van der Waals surface area contributed by atoms with Crippen LogP contribution in [0.3, 0.4) is 0 Å². The highest BCUT2D eigenvalue weighted by molar-refractivity contribution is 5.91. The molecule has 0 saturated carbocycles. The zero-order valence-electron chi connectivity index (χ0n) is 12.9. The van der Waals surface area contributed by atoms with Crippen molar-refractivity contribution in [2.24, 2.45) is 0 Å². The molecule has 4 atom stereocenters. The third kappa shape index (κ3) is 2.87. The number of methoxy groups -OCH3 is 1. The molecule has 120 valence electrons. The number of rotatable bonds is 3. The Labute approximate surface area is 129 Å². The molecule has 0 N–H and O–H groups in total. The predicted molar refractivity (Wildman–Crippen MR) is 76.3 cm³/mol. The molecule has 0 amide bonds. The Bertz CT molecular complexity index is 558. The van der Waals surface area contributed by atoms with Crippen LogP contribution >= 0.6 is 0 Å². The molecular weight excluding hydrogens is 288 g/mol. The minimum Gasteiger partial charge on any atom is -0.465 e. The quantitative estimate of drug-likeness (QED) is 0.799. The van der Waals surface area contributed by atoms with Crippen LogP contribution in [-0.4, -0.2) is 38.5 Å². The molecule has 2 aliphatic rings. The van der Waals surface area contributed by atoms with Crippen LogP contribution in [0.5, 0.6) is 0 Å². The highest BCUT2D eigenvalue weighted by Gasteiger charge is 2.35. The monoisotopic (exact) mass is 308 g/mol. The summed E-state index contributed by atoms with van der Waals surface area (Å²) in [5, 5.41) is 0. The lowest BCUT2D eigenvalue weighted by Crippen LogP contribution is -2.16. The first kappa shape index (κ1) is 15.4. The normalized spacial score (nSPS) is 31.4. The summed E-state index contributed by atoms with van der Waals surface area (Å²) in [7, 11) is 1.35. The van der Waals surface area contributed by atoms with Gasteiger partial charge in [-0.15, -0.1) is 0 Å². The highest BCUT2D eigenvalue weighted by Crippen LogP contribution is 2.38. The zero-order chi connectivity index (χ0) is 15.7. The molecule has 1 aromatic carbocycles. The Hall–Kier alpha value is -1.47. The van der Waals surface area contributed by atoms with Crippen molar-refractivity contribution in [1.29, 1.82) is 0 Å². The molecule has 6 nitrogen and oxygen atoms in total. The van der Waals surface area contributed by atoms with E-state index in [1.807, 2.05) is 19.9 Å². The van der Waals surface area contributed by atoms with Crippen molar-refractivity contribution in [3.05, 3.63) is 34.9 Å². The van der Waals surface area contributed by atoms with Gasteiger partial charge in [0.15, 0.2) is 12.6 Å². The Kier molecular flexibility index (Phi) is 4.44. The van der Waals surface area contributed by atoms with Gasteiger partial charge in [-0.25, -0.2) is 4.79 Å². The van der Waals surface area contributed by atoms with Crippen molar-refractivity contribution < 1.29 is 28.5 Å². The summed E-state index contributed by atoms with van der Waals surface area (Å²) in [6, 6.07) is 5.33. The van der Waals surface area contributed by atoms with Crippen LogP contribution in [0.25, 0.3) is 0 Å². The van der Waals surface area contributed by atoms with Gasteiger partial charge in [-0.2, -0.15) is 0 Å². The van der Waals surface area contributed by atoms with E-state index in [4.69, 9.17) is 23.7 Å². The van der Waals surface area contributed by atoms with Crippen LogP contribution in [0.2, 0.25) is 0 Å². The molecule has 0 radical (unpaired) electrons. The van der Waals surface area contributed by atoms with Gasteiger partial charge >= 0.3 is 5.97 Å². The summed E-state index contributed by atoms with van der Waals surface area (Å²) in [5.74, 6) is -0.436. The summed E-state index contributed by atoms with van der Waals surface area (Å²) in [4.78, 5) is 12.1. The molecule has 2 heterocycles. The van der Waals surface area contributed by atoms with E-state index in [1.165, 1.54) is 7.11 Å². The minimum absolute atomic E-state index is 0.00368. The minimum atomic E-state index is -0.622. The lowest BCUT2D eigenvalue weighted by Gasteiger charge is -2.21. The molecule has 6 heteroatoms. The molecule has 22 heavy (non-hydrogen) atoms. The standard InChI is InChI=1S/C16H20O6/c1-9-7-19-15(21-9)12-6-4-5-11(14(17)18-3)13(12)16-20-8-10(2)22-16/h4-6,9-10,15-16H,7-8H2,1-3H3. The van der Waals surface area contributed by atoms with Gasteiger partial charge in [0.05, 0.1) is 38.1 Å². The summed E-state index contributed by atoms with van der Waals surface area (Å²) < 4.78 is 27.7. The zero-order valence-corrected chi connectivity index (χ0v) is 12.9. The fourth-order valence-corrected chi connectivity index (χ4v) is 2.68. The molecule has 3 rings (SSSR count). The molecule has 2 aliphatic heterocycles. The largest absolute Gasteiger partial charge is 0.465 e. The van der Waals surface area contributed by atoms with E-state index in [0.29, 0.717) is 24.3 Å². The van der Waals surface area contributed by atoms with Crippen molar-refractivity contribution in [2.45, 2.75) is 38.6 Å². The maximum Gasteiger partial charge on any atom is 0.338 e. The molecule has 2 fully saturated rings. The number of ether oxygens (including phenoxy) is 5. The molecule has 2 saturated heterocycles. The van der Waals surface area contributed by atoms with Crippen molar-refractivity contribution >= 4 is 5.97 Å². The van der Waals surface area contributed by atoms with E-state index in [1.54, 1.807) is 12.1 Å². The summed E-state index contributed by atoms with van der Waals surface area (Å²) >= 11 is 0. The molecule has 0 aliphatic carbocycles. The maximum atomic E-state index is 12.1. The number of esters is 1. The number of hydrogen-bond donors (Lipinski definition) is 0. The molecule has 0 spiro atoms. The van der Waals surface area contributed by atoms with Crippen LogP contribution in [0.4, 0.5) is 0 Å². The van der Waals surface area contributed by atoms with Crippen LogP contribution < -0.4 is 0 Å². The number of benzene rings is 1. The van der Waals surface area contributed by atoms with E-state index in [-0.39, 0.29) is 12.2 Å². The number of carbonyl (C=O) groups is 1. The van der Waals surface area contributed by atoms with Gasteiger partial charge in [0, 0.05) is 11.1 Å². The van der Waals surface area contributed by atoms with E-state index < -0.39 is 18.5 Å². The van der Waals surface area contributed by atoms with Crippen molar-refractivity contribution in [2.75, 3.05) is 20.3 Å². The first-order valence-electron chi connectivity index (χ1n) is 7.35. The van der Waals surface area contributed by atoms with Gasteiger partial charge < -0.3 is 23.7 Å². The second kappa shape index (κ2) is 6.34. The van der Waals surface area contributed by atoms with Gasteiger partial charge in [0.2, 0.25) is 0 Å². The molecule has 4 unspecified atom stereocenters. The van der Waals surface area contributed by atoms with E-state index in [9.17, 15) is 4.79 Å². The number of hydrogen-bond acceptors (Lipinski definition) is 6. The lowest BCUT2D eigenvalue weighted by atomic mass is 9.99. The lowest BCUT2D eigenvalue weighted by molar-refractivity contribution is -0.0766. The van der Waals surface area contributed by atoms with Crippen molar-refractivity contribution in [1.82, 2.24) is 0 Å². The van der Waals surface area contributed by atoms with Crippen LogP contribution in [0.15, 0.2) is 18.2 Å². The maximum absolute atomic E-state index is 12.1. The summed E-state index contributed by atoms with van der Waals surface area (Å²) in [6.07, 6.45) is -1.18. The predicted octanol–water partition coefficient (Wildman–Crippen LogP) is 2.34. The van der Waals surface area contributed by atoms with Crippen LogP contribution in [0.1, 0.15) is 47.9 Å². The highest BCUT2D eigenvalue weighted by atomic mass is 16.7. The average Bonchev–Trinajstić information content (AvgIpc) is 3.14. The second-order valence-electron chi connectivity index (χ2n) is 5.52. The van der Waals surface area contributed by atoms with Crippen LogP contribution in [-0.2, 0) is 23.7 Å². The molecular formula is C16H20O6. The first-order chi connectivity index (χ1) is 10.6. The van der Waals surface area contributed by atoms with E-state index in [2.05, 4.69) is 0 Å². The van der Waals surface area contributed by atoms with Gasteiger partial charge in [-0.05, 0) is 19.9 Å². The average molecular weight is 308 g/mol. The van der Waals surface area contributed by atoms with Gasteiger partial charge in [0.1, 0.15) is 0 Å². The fraction of sp³-hybridized carbons (Fsp3) is 0.562. The third-order valence-corrected chi connectivity index (χ3v) is 3.71. The Morgan fingerprint density at radius 3 is 2.27 bits per heavy atom. The summed E-state index contributed by atoms with van der Waals surface area (Å²) in [6.45, 7) is 4.84. The third-order valence-electron chi connectivity index (χ3n) is 3.71. The molecule has 1 aromatic rings. The number of carbonyl (C=O) groups excluding carboxylic acids is 1. The second-order valence-corrected chi connectivity index (χ2v) is 5.52.